The van der Waals surface area contributed by atoms with E-state index in [0.717, 1.165) is 14.7 Å². The summed E-state index contributed by atoms with van der Waals surface area (Å²) in [4.78, 5) is 0. The molecule has 84 valence electrons. The molecule has 16 heavy (non-hydrogen) atoms. The Balaban J connectivity index is 2.10. The number of rotatable bonds is 3. The van der Waals surface area contributed by atoms with E-state index >= 15 is 0 Å². The van der Waals surface area contributed by atoms with Gasteiger partial charge in [-0.1, -0.05) is 28.1 Å². The molecular formula is C12H9Br2ClS. The van der Waals surface area contributed by atoms with Crippen molar-refractivity contribution in [3.63, 3.8) is 0 Å². The first kappa shape index (κ1) is 12.6. The maximum atomic E-state index is 6.38. The molecule has 0 aliphatic carbocycles. The summed E-state index contributed by atoms with van der Waals surface area (Å²) in [5, 5.41) is 2.14. The van der Waals surface area contributed by atoms with Crippen LogP contribution in [0.2, 0.25) is 0 Å². The second-order valence-corrected chi connectivity index (χ2v) is 7.22. The van der Waals surface area contributed by atoms with Gasteiger partial charge in [-0.25, -0.2) is 0 Å². The molecule has 4 heteroatoms. The van der Waals surface area contributed by atoms with Gasteiger partial charge >= 0.3 is 0 Å². The Kier molecular flexibility index (Phi) is 4.48. The lowest BCUT2D eigenvalue weighted by Crippen LogP contribution is -1.93. The van der Waals surface area contributed by atoms with Crippen molar-refractivity contribution in [1.29, 1.82) is 0 Å². The predicted octanol–water partition coefficient (Wildman–Crippen LogP) is 5.80. The molecule has 1 atom stereocenters. The molecule has 0 saturated carbocycles. The monoisotopic (exact) mass is 378 g/mol. The Morgan fingerprint density at radius 2 is 2.06 bits per heavy atom. The molecule has 2 aromatic rings. The van der Waals surface area contributed by atoms with Crippen LogP contribution in [-0.4, -0.2) is 0 Å². The van der Waals surface area contributed by atoms with Gasteiger partial charge in [-0.05, 0) is 57.1 Å². The molecule has 1 unspecified atom stereocenters. The molecule has 0 aliphatic rings. The molecule has 0 amide bonds. The van der Waals surface area contributed by atoms with Gasteiger partial charge in [0.1, 0.15) is 0 Å². The standard InChI is InChI=1S/C12H9Br2ClS/c13-10-3-1-2-8(4-10)5-11(15)9-6-12(14)16-7-9/h1-4,6-7,11H,5H2. The topological polar surface area (TPSA) is 0 Å². The van der Waals surface area contributed by atoms with Crippen LogP contribution >= 0.6 is 54.8 Å². The summed E-state index contributed by atoms with van der Waals surface area (Å²) in [5.74, 6) is 0. The van der Waals surface area contributed by atoms with Gasteiger partial charge in [0.05, 0.1) is 9.16 Å². The van der Waals surface area contributed by atoms with E-state index < -0.39 is 0 Å². The Bertz CT molecular complexity index is 481. The highest BCUT2D eigenvalue weighted by Crippen LogP contribution is 2.31. The molecule has 0 fully saturated rings. The fraction of sp³-hybridized carbons (Fsp3) is 0.167. The van der Waals surface area contributed by atoms with Crippen LogP contribution in [0.25, 0.3) is 0 Å². The van der Waals surface area contributed by atoms with Crippen molar-refractivity contribution in [3.8, 4) is 0 Å². The van der Waals surface area contributed by atoms with Crippen LogP contribution in [0.1, 0.15) is 16.5 Å². The molecule has 1 aromatic carbocycles. The Hall–Kier alpha value is 0.170. The lowest BCUT2D eigenvalue weighted by molar-refractivity contribution is 0.924. The summed E-state index contributed by atoms with van der Waals surface area (Å²) in [7, 11) is 0. The summed E-state index contributed by atoms with van der Waals surface area (Å²) in [6.07, 6.45) is 0.851. The van der Waals surface area contributed by atoms with Crippen molar-refractivity contribution in [3.05, 3.63) is 55.1 Å². The summed E-state index contributed by atoms with van der Waals surface area (Å²) in [5.41, 5.74) is 2.43. The van der Waals surface area contributed by atoms with Gasteiger partial charge in [-0.3, -0.25) is 0 Å². The molecule has 1 heterocycles. The first-order valence-corrected chi connectivity index (χ1v) is 7.68. The average molecular weight is 381 g/mol. The zero-order valence-corrected chi connectivity index (χ0v) is 13.0. The van der Waals surface area contributed by atoms with Gasteiger partial charge in [0.15, 0.2) is 0 Å². The van der Waals surface area contributed by atoms with E-state index in [1.807, 2.05) is 12.1 Å². The molecular weight excluding hydrogens is 371 g/mol. The van der Waals surface area contributed by atoms with Crippen molar-refractivity contribution in [2.45, 2.75) is 11.8 Å². The maximum Gasteiger partial charge on any atom is 0.0701 e. The average Bonchev–Trinajstić information content (AvgIpc) is 2.65. The van der Waals surface area contributed by atoms with Crippen molar-refractivity contribution in [2.75, 3.05) is 0 Å². The highest BCUT2D eigenvalue weighted by Gasteiger charge is 2.10. The van der Waals surface area contributed by atoms with E-state index in [9.17, 15) is 0 Å². The van der Waals surface area contributed by atoms with E-state index in [4.69, 9.17) is 11.6 Å². The largest absolute Gasteiger partial charge is 0.136 e. The third kappa shape index (κ3) is 3.33. The van der Waals surface area contributed by atoms with Gasteiger partial charge in [0.2, 0.25) is 0 Å². The van der Waals surface area contributed by atoms with Crippen molar-refractivity contribution in [1.82, 2.24) is 0 Å². The van der Waals surface area contributed by atoms with E-state index in [0.29, 0.717) is 0 Å². The quantitative estimate of drug-likeness (QED) is 0.591. The number of hydrogen-bond acceptors (Lipinski definition) is 1. The Labute approximate surface area is 121 Å². The highest BCUT2D eigenvalue weighted by atomic mass is 79.9. The molecule has 0 aliphatic heterocycles. The summed E-state index contributed by atoms with van der Waals surface area (Å²) in [6.45, 7) is 0. The summed E-state index contributed by atoms with van der Waals surface area (Å²) in [6, 6.07) is 10.3. The number of halogens is 3. The zero-order valence-electron chi connectivity index (χ0n) is 8.29. The first-order valence-electron chi connectivity index (χ1n) is 4.77. The fourth-order valence-corrected chi connectivity index (χ4v) is 3.53. The Morgan fingerprint density at radius 1 is 1.25 bits per heavy atom. The second-order valence-electron chi connectivity index (χ2n) is 3.49. The van der Waals surface area contributed by atoms with Gasteiger partial charge in [-0.15, -0.1) is 22.9 Å². The number of benzene rings is 1. The van der Waals surface area contributed by atoms with E-state index in [2.05, 4.69) is 55.4 Å². The van der Waals surface area contributed by atoms with Crippen molar-refractivity contribution >= 4 is 54.8 Å². The molecule has 1 aromatic heterocycles. The minimum atomic E-state index is 0.0387. The third-order valence-electron chi connectivity index (χ3n) is 2.25. The Morgan fingerprint density at radius 3 is 2.69 bits per heavy atom. The highest BCUT2D eigenvalue weighted by molar-refractivity contribution is 9.11. The van der Waals surface area contributed by atoms with Crippen LogP contribution in [0.15, 0.2) is 44.0 Å². The molecule has 0 N–H and O–H groups in total. The van der Waals surface area contributed by atoms with Crippen LogP contribution < -0.4 is 0 Å². The number of hydrogen-bond donors (Lipinski definition) is 0. The van der Waals surface area contributed by atoms with Gasteiger partial charge < -0.3 is 0 Å². The molecule has 0 spiro atoms. The smallest absolute Gasteiger partial charge is 0.0701 e. The van der Waals surface area contributed by atoms with Gasteiger partial charge in [0, 0.05) is 4.47 Å². The zero-order chi connectivity index (χ0) is 11.5. The van der Waals surface area contributed by atoms with Crippen molar-refractivity contribution < 1.29 is 0 Å². The third-order valence-corrected chi connectivity index (χ3v) is 4.68. The van der Waals surface area contributed by atoms with Gasteiger partial charge in [-0.2, -0.15) is 0 Å². The number of alkyl halides is 1. The van der Waals surface area contributed by atoms with E-state index in [1.165, 1.54) is 11.1 Å². The lowest BCUT2D eigenvalue weighted by Gasteiger charge is -2.07. The van der Waals surface area contributed by atoms with Crippen LogP contribution in [0.5, 0.6) is 0 Å². The molecule has 0 nitrogen and oxygen atoms in total. The molecule has 2 rings (SSSR count). The van der Waals surface area contributed by atoms with E-state index in [1.54, 1.807) is 11.3 Å². The SMILES string of the molecule is ClC(Cc1cccc(Br)c1)c1csc(Br)c1. The lowest BCUT2D eigenvalue weighted by atomic mass is 10.1. The maximum absolute atomic E-state index is 6.38. The van der Waals surface area contributed by atoms with Crippen LogP contribution in [0.4, 0.5) is 0 Å². The predicted molar refractivity (Wildman–Crippen MR) is 78.5 cm³/mol. The van der Waals surface area contributed by atoms with Crippen LogP contribution in [0.3, 0.4) is 0 Å². The minimum Gasteiger partial charge on any atom is -0.136 e. The summed E-state index contributed by atoms with van der Waals surface area (Å²) >= 11 is 15.0. The second kappa shape index (κ2) is 5.67. The number of thiophene rings is 1. The van der Waals surface area contributed by atoms with Gasteiger partial charge in [0.25, 0.3) is 0 Å². The minimum absolute atomic E-state index is 0.0387. The normalized spacial score (nSPS) is 12.7. The van der Waals surface area contributed by atoms with Crippen molar-refractivity contribution in [2.24, 2.45) is 0 Å². The van der Waals surface area contributed by atoms with Crippen LogP contribution in [-0.2, 0) is 6.42 Å². The van der Waals surface area contributed by atoms with Crippen LogP contribution in [0, 0.1) is 0 Å². The first-order chi connectivity index (χ1) is 7.65. The molecule has 0 saturated heterocycles. The summed E-state index contributed by atoms with van der Waals surface area (Å²) < 4.78 is 2.22. The molecule has 0 bridgehead atoms. The van der Waals surface area contributed by atoms with E-state index in [-0.39, 0.29) is 5.38 Å². The molecule has 0 radical (unpaired) electrons. The fourth-order valence-electron chi connectivity index (χ4n) is 1.48.